The molecule has 0 unspecified atom stereocenters. The highest BCUT2D eigenvalue weighted by Gasteiger charge is 2.10. The number of morpholine rings is 1. The predicted molar refractivity (Wildman–Crippen MR) is 119 cm³/mol. The molecular formula is C23H23N3O2S. The first-order valence-electron chi connectivity index (χ1n) is 9.62. The van der Waals surface area contributed by atoms with Gasteiger partial charge in [-0.15, -0.1) is 11.3 Å². The zero-order valence-corrected chi connectivity index (χ0v) is 17.1. The van der Waals surface area contributed by atoms with Crippen LogP contribution in [0.5, 0.6) is 0 Å². The summed E-state index contributed by atoms with van der Waals surface area (Å²) in [6.07, 6.45) is 3.35. The first kappa shape index (κ1) is 19.4. The van der Waals surface area contributed by atoms with Gasteiger partial charge in [0.15, 0.2) is 5.13 Å². The van der Waals surface area contributed by atoms with E-state index in [0.29, 0.717) is 5.13 Å². The van der Waals surface area contributed by atoms with Crippen LogP contribution in [0.2, 0.25) is 0 Å². The summed E-state index contributed by atoms with van der Waals surface area (Å²) in [5.41, 5.74) is 5.29. The Morgan fingerprint density at radius 1 is 1.10 bits per heavy atom. The van der Waals surface area contributed by atoms with E-state index in [2.05, 4.69) is 46.4 Å². The molecule has 29 heavy (non-hydrogen) atoms. The van der Waals surface area contributed by atoms with Gasteiger partial charge in [0.1, 0.15) is 0 Å². The van der Waals surface area contributed by atoms with Gasteiger partial charge < -0.3 is 9.64 Å². The normalized spacial score (nSPS) is 14.3. The summed E-state index contributed by atoms with van der Waals surface area (Å²) in [4.78, 5) is 19.0. The van der Waals surface area contributed by atoms with E-state index in [4.69, 9.17) is 4.74 Å². The second-order valence-corrected chi connectivity index (χ2v) is 7.78. The highest BCUT2D eigenvalue weighted by Crippen LogP contribution is 2.25. The number of aromatic nitrogens is 1. The van der Waals surface area contributed by atoms with Gasteiger partial charge in [-0.3, -0.25) is 10.1 Å². The number of carbonyl (C=O) groups excluding carboxylic acids is 1. The summed E-state index contributed by atoms with van der Waals surface area (Å²) < 4.78 is 5.39. The zero-order valence-electron chi connectivity index (χ0n) is 16.3. The van der Waals surface area contributed by atoms with Gasteiger partial charge >= 0.3 is 0 Å². The molecule has 1 N–H and O–H groups in total. The molecule has 1 amide bonds. The van der Waals surface area contributed by atoms with Crippen LogP contribution >= 0.6 is 11.3 Å². The molecule has 0 bridgehead atoms. The molecule has 1 aromatic heterocycles. The van der Waals surface area contributed by atoms with Gasteiger partial charge in [-0.25, -0.2) is 4.98 Å². The molecule has 148 valence electrons. The molecule has 1 aliphatic heterocycles. The lowest BCUT2D eigenvalue weighted by molar-refractivity contribution is -0.111. The molecule has 0 radical (unpaired) electrons. The van der Waals surface area contributed by atoms with Crippen molar-refractivity contribution in [2.24, 2.45) is 0 Å². The topological polar surface area (TPSA) is 54.5 Å². The van der Waals surface area contributed by atoms with Gasteiger partial charge in [-0.1, -0.05) is 42.0 Å². The minimum absolute atomic E-state index is 0.188. The zero-order chi connectivity index (χ0) is 20.1. The van der Waals surface area contributed by atoms with E-state index in [-0.39, 0.29) is 5.91 Å². The minimum atomic E-state index is -0.188. The van der Waals surface area contributed by atoms with Crippen molar-refractivity contribution in [3.63, 3.8) is 0 Å². The molecule has 0 atom stereocenters. The molecule has 0 saturated carbocycles. The third-order valence-corrected chi connectivity index (χ3v) is 5.54. The number of anilines is 2. The third kappa shape index (κ3) is 5.10. The maximum Gasteiger partial charge on any atom is 0.250 e. The maximum atomic E-state index is 12.2. The van der Waals surface area contributed by atoms with Crippen LogP contribution in [0.4, 0.5) is 10.8 Å². The molecule has 0 spiro atoms. The minimum Gasteiger partial charge on any atom is -0.378 e. The number of nitrogens with zero attached hydrogens (tertiary/aromatic N) is 2. The fourth-order valence-electron chi connectivity index (χ4n) is 3.12. The van der Waals surface area contributed by atoms with E-state index in [1.54, 1.807) is 0 Å². The highest BCUT2D eigenvalue weighted by atomic mass is 32.1. The van der Waals surface area contributed by atoms with Gasteiger partial charge in [-0.2, -0.15) is 0 Å². The molecule has 6 heteroatoms. The van der Waals surface area contributed by atoms with Gasteiger partial charge in [0.2, 0.25) is 5.91 Å². The Bertz CT molecular complexity index is 988. The van der Waals surface area contributed by atoms with Crippen molar-refractivity contribution >= 4 is 34.1 Å². The number of rotatable bonds is 5. The molecule has 1 saturated heterocycles. The lowest BCUT2D eigenvalue weighted by Gasteiger charge is -2.28. The second kappa shape index (κ2) is 9.03. The quantitative estimate of drug-likeness (QED) is 0.630. The van der Waals surface area contributed by atoms with Gasteiger partial charge in [0.05, 0.1) is 18.9 Å². The molecule has 2 heterocycles. The molecule has 3 aromatic rings. The van der Waals surface area contributed by atoms with Crippen LogP contribution in [0.25, 0.3) is 17.3 Å². The first-order valence-corrected chi connectivity index (χ1v) is 10.5. The van der Waals surface area contributed by atoms with Crippen molar-refractivity contribution in [2.75, 3.05) is 36.5 Å². The summed E-state index contributed by atoms with van der Waals surface area (Å²) in [5.74, 6) is -0.188. The average Bonchev–Trinajstić information content (AvgIpc) is 3.22. The highest BCUT2D eigenvalue weighted by molar-refractivity contribution is 7.14. The standard InChI is InChI=1S/C23H23N3O2S/c1-17-2-7-19(8-3-17)21-16-29-23(24-21)25-22(27)11-6-18-4-9-20(10-5-18)26-12-14-28-15-13-26/h2-11,16H,12-15H2,1H3,(H,24,25,27)/b11-6+. The smallest absolute Gasteiger partial charge is 0.250 e. The monoisotopic (exact) mass is 405 g/mol. The van der Waals surface area contributed by atoms with Crippen LogP contribution in [0.15, 0.2) is 60.0 Å². The summed E-state index contributed by atoms with van der Waals surface area (Å²) in [6, 6.07) is 16.4. The van der Waals surface area contributed by atoms with Crippen molar-refractivity contribution in [1.29, 1.82) is 0 Å². The Morgan fingerprint density at radius 3 is 2.55 bits per heavy atom. The van der Waals surface area contributed by atoms with Crippen LogP contribution in [0, 0.1) is 6.92 Å². The van der Waals surface area contributed by atoms with E-state index >= 15 is 0 Å². The number of hydrogen-bond acceptors (Lipinski definition) is 5. The summed E-state index contributed by atoms with van der Waals surface area (Å²) in [5, 5.41) is 5.38. The Hall–Kier alpha value is -2.96. The Kier molecular flexibility index (Phi) is 6.03. The van der Waals surface area contributed by atoms with Crippen molar-refractivity contribution in [2.45, 2.75) is 6.92 Å². The van der Waals surface area contributed by atoms with Crippen LogP contribution in [0.1, 0.15) is 11.1 Å². The summed E-state index contributed by atoms with van der Waals surface area (Å²) >= 11 is 1.42. The third-order valence-electron chi connectivity index (χ3n) is 4.78. The number of thiazole rings is 1. The molecule has 5 nitrogen and oxygen atoms in total. The number of nitrogens with one attached hydrogen (secondary N) is 1. The van der Waals surface area contributed by atoms with Crippen molar-refractivity contribution in [3.8, 4) is 11.3 Å². The summed E-state index contributed by atoms with van der Waals surface area (Å²) in [6.45, 7) is 5.42. The Morgan fingerprint density at radius 2 is 1.83 bits per heavy atom. The number of ether oxygens (including phenoxy) is 1. The molecule has 2 aromatic carbocycles. The number of hydrogen-bond donors (Lipinski definition) is 1. The van der Waals surface area contributed by atoms with Gasteiger partial charge in [0.25, 0.3) is 0 Å². The SMILES string of the molecule is Cc1ccc(-c2csc(NC(=O)/C=C/c3ccc(N4CCOCC4)cc3)n2)cc1. The predicted octanol–water partition coefficient (Wildman–Crippen LogP) is 4.61. The van der Waals surface area contributed by atoms with Crippen LogP contribution in [0.3, 0.4) is 0 Å². The van der Waals surface area contributed by atoms with E-state index < -0.39 is 0 Å². The first-order chi connectivity index (χ1) is 14.2. The van der Waals surface area contributed by atoms with Crippen LogP contribution < -0.4 is 10.2 Å². The Balaban J connectivity index is 1.34. The van der Waals surface area contributed by atoms with Gasteiger partial charge in [-0.05, 0) is 30.7 Å². The van der Waals surface area contributed by atoms with Crippen molar-refractivity contribution < 1.29 is 9.53 Å². The fourth-order valence-corrected chi connectivity index (χ4v) is 3.85. The van der Waals surface area contributed by atoms with Crippen molar-refractivity contribution in [1.82, 2.24) is 4.98 Å². The van der Waals surface area contributed by atoms with Gasteiger partial charge in [0, 0.05) is 35.8 Å². The fraction of sp³-hybridized carbons (Fsp3) is 0.217. The molecule has 0 aliphatic carbocycles. The van der Waals surface area contributed by atoms with Crippen LogP contribution in [-0.2, 0) is 9.53 Å². The Labute approximate surface area is 174 Å². The molecular weight excluding hydrogens is 382 g/mol. The van der Waals surface area contributed by atoms with Crippen LogP contribution in [-0.4, -0.2) is 37.2 Å². The molecule has 1 aliphatic rings. The van der Waals surface area contributed by atoms with Crippen molar-refractivity contribution in [3.05, 3.63) is 71.1 Å². The number of benzene rings is 2. The lowest BCUT2D eigenvalue weighted by Crippen LogP contribution is -2.36. The van der Waals surface area contributed by atoms with E-state index in [0.717, 1.165) is 43.1 Å². The largest absolute Gasteiger partial charge is 0.378 e. The number of carbonyl (C=O) groups is 1. The second-order valence-electron chi connectivity index (χ2n) is 6.92. The number of amides is 1. The molecule has 4 rings (SSSR count). The maximum absolute atomic E-state index is 12.2. The summed E-state index contributed by atoms with van der Waals surface area (Å²) in [7, 11) is 0. The van der Waals surface area contributed by atoms with E-state index in [9.17, 15) is 4.79 Å². The number of aryl methyl sites for hydroxylation is 1. The average molecular weight is 406 g/mol. The van der Waals surface area contributed by atoms with E-state index in [1.165, 1.54) is 28.7 Å². The van der Waals surface area contributed by atoms with E-state index in [1.807, 2.05) is 35.7 Å². The lowest BCUT2D eigenvalue weighted by atomic mass is 10.1. The molecule has 1 fully saturated rings.